The number of ether oxygens (including phenoxy) is 1. The molecule has 1 atom stereocenters. The summed E-state index contributed by atoms with van der Waals surface area (Å²) in [5.41, 5.74) is 2.82. The maximum atomic E-state index is 12.6. The number of nitrogens with zero attached hydrogens (tertiary/aromatic N) is 1. The van der Waals surface area contributed by atoms with Crippen LogP contribution in [-0.4, -0.2) is 36.4 Å². The van der Waals surface area contributed by atoms with Crippen molar-refractivity contribution < 1.29 is 14.3 Å². The summed E-state index contributed by atoms with van der Waals surface area (Å²) in [6, 6.07) is 15.1. The third-order valence-electron chi connectivity index (χ3n) is 4.09. The van der Waals surface area contributed by atoms with Crippen LogP contribution in [0.2, 0.25) is 0 Å². The highest BCUT2D eigenvalue weighted by atomic mass is 16.5. The van der Waals surface area contributed by atoms with E-state index >= 15 is 0 Å². The molecule has 5 heteroatoms. The predicted octanol–water partition coefficient (Wildman–Crippen LogP) is 3.56. The fourth-order valence-corrected chi connectivity index (χ4v) is 2.57. The van der Waals surface area contributed by atoms with Gasteiger partial charge in [0.1, 0.15) is 5.75 Å². The van der Waals surface area contributed by atoms with Gasteiger partial charge in [0.05, 0.1) is 6.54 Å². The van der Waals surface area contributed by atoms with Crippen molar-refractivity contribution in [3.05, 3.63) is 59.7 Å². The molecule has 0 heterocycles. The van der Waals surface area contributed by atoms with Crippen LogP contribution in [0.1, 0.15) is 24.5 Å². The molecule has 0 aliphatic carbocycles. The van der Waals surface area contributed by atoms with Crippen molar-refractivity contribution in [2.45, 2.75) is 33.3 Å². The molecule has 26 heavy (non-hydrogen) atoms. The summed E-state index contributed by atoms with van der Waals surface area (Å²) in [5, 5.41) is 2.87. The number of nitrogens with one attached hydrogen (secondary N) is 1. The molecule has 2 aromatic carbocycles. The van der Waals surface area contributed by atoms with Gasteiger partial charge in [0.15, 0.2) is 6.10 Å². The van der Waals surface area contributed by atoms with E-state index in [1.165, 1.54) is 4.90 Å². The summed E-state index contributed by atoms with van der Waals surface area (Å²) < 4.78 is 5.76. The maximum absolute atomic E-state index is 12.6. The Morgan fingerprint density at radius 3 is 2.46 bits per heavy atom. The highest BCUT2D eigenvalue weighted by molar-refractivity contribution is 5.95. The largest absolute Gasteiger partial charge is 0.481 e. The molecule has 0 aromatic heterocycles. The topological polar surface area (TPSA) is 58.6 Å². The molecular weight excluding hydrogens is 328 g/mol. The Morgan fingerprint density at radius 2 is 1.81 bits per heavy atom. The number of hydrogen-bond donors (Lipinski definition) is 1. The van der Waals surface area contributed by atoms with Crippen LogP contribution in [0.4, 0.5) is 5.69 Å². The first kappa shape index (κ1) is 19.5. The van der Waals surface area contributed by atoms with E-state index in [0.29, 0.717) is 12.2 Å². The normalized spacial score (nSPS) is 11.5. The Morgan fingerprint density at radius 1 is 1.12 bits per heavy atom. The van der Waals surface area contributed by atoms with Crippen molar-refractivity contribution in [2.75, 3.05) is 18.9 Å². The van der Waals surface area contributed by atoms with Crippen LogP contribution in [0.25, 0.3) is 0 Å². The average Bonchev–Trinajstić information content (AvgIpc) is 2.63. The van der Waals surface area contributed by atoms with E-state index in [9.17, 15) is 9.59 Å². The van der Waals surface area contributed by atoms with Crippen LogP contribution in [0.3, 0.4) is 0 Å². The van der Waals surface area contributed by atoms with E-state index in [1.807, 2.05) is 69.3 Å². The lowest BCUT2D eigenvalue weighted by Gasteiger charge is -2.23. The molecule has 1 N–H and O–H groups in total. The molecule has 0 saturated carbocycles. The van der Waals surface area contributed by atoms with Crippen LogP contribution in [0.5, 0.6) is 5.75 Å². The fraction of sp³-hybridized carbons (Fsp3) is 0.333. The first-order valence-electron chi connectivity index (χ1n) is 8.74. The van der Waals surface area contributed by atoms with Crippen molar-refractivity contribution >= 4 is 17.5 Å². The van der Waals surface area contributed by atoms with Crippen LogP contribution < -0.4 is 10.1 Å². The summed E-state index contributed by atoms with van der Waals surface area (Å²) in [6.45, 7) is 5.76. The molecule has 0 radical (unpaired) electrons. The van der Waals surface area contributed by atoms with Gasteiger partial charge in [-0.05, 0) is 49.6 Å². The Balaban J connectivity index is 1.96. The lowest BCUT2D eigenvalue weighted by Crippen LogP contribution is -2.43. The number of rotatable bonds is 7. The SMILES string of the molecule is CC[C@H](Oc1ccccc1)C(=O)N(C)CC(=O)Nc1cc(C)ccc1C. The summed E-state index contributed by atoms with van der Waals surface area (Å²) in [7, 11) is 1.61. The molecule has 0 fully saturated rings. The lowest BCUT2D eigenvalue weighted by molar-refractivity contribution is -0.139. The zero-order valence-electron chi connectivity index (χ0n) is 15.8. The smallest absolute Gasteiger partial charge is 0.263 e. The molecule has 2 rings (SSSR count). The lowest BCUT2D eigenvalue weighted by atomic mass is 10.1. The summed E-state index contributed by atoms with van der Waals surface area (Å²) >= 11 is 0. The van der Waals surface area contributed by atoms with Crippen molar-refractivity contribution in [3.63, 3.8) is 0 Å². The number of likely N-dealkylation sites (N-methyl/N-ethyl adjacent to an activating group) is 1. The average molecular weight is 354 g/mol. The molecule has 0 aliphatic heterocycles. The number of hydrogen-bond acceptors (Lipinski definition) is 3. The highest BCUT2D eigenvalue weighted by Gasteiger charge is 2.23. The van der Waals surface area contributed by atoms with Crippen molar-refractivity contribution in [2.24, 2.45) is 0 Å². The number of para-hydroxylation sites is 1. The number of benzene rings is 2. The molecule has 0 aliphatic rings. The highest BCUT2D eigenvalue weighted by Crippen LogP contribution is 2.17. The van der Waals surface area contributed by atoms with Crippen LogP contribution in [0.15, 0.2) is 48.5 Å². The summed E-state index contributed by atoms with van der Waals surface area (Å²) in [5.74, 6) is 0.192. The number of carbonyl (C=O) groups is 2. The van der Waals surface area contributed by atoms with Gasteiger partial charge in [-0.1, -0.05) is 37.3 Å². The van der Waals surface area contributed by atoms with Gasteiger partial charge in [0, 0.05) is 12.7 Å². The maximum Gasteiger partial charge on any atom is 0.263 e. The van der Waals surface area contributed by atoms with Gasteiger partial charge in [-0.25, -0.2) is 0 Å². The second-order valence-corrected chi connectivity index (χ2v) is 6.39. The molecule has 2 aromatic rings. The number of aryl methyl sites for hydroxylation is 2. The molecule has 0 saturated heterocycles. The van der Waals surface area contributed by atoms with Gasteiger partial charge in [0.25, 0.3) is 5.91 Å². The van der Waals surface area contributed by atoms with E-state index in [0.717, 1.165) is 16.8 Å². The molecule has 138 valence electrons. The Bertz CT molecular complexity index is 759. The Labute approximate surface area is 155 Å². The van der Waals surface area contributed by atoms with E-state index in [-0.39, 0.29) is 18.4 Å². The minimum Gasteiger partial charge on any atom is -0.481 e. The Hall–Kier alpha value is -2.82. The van der Waals surface area contributed by atoms with Crippen LogP contribution >= 0.6 is 0 Å². The van der Waals surface area contributed by atoms with Crippen molar-refractivity contribution in [1.29, 1.82) is 0 Å². The second-order valence-electron chi connectivity index (χ2n) is 6.39. The third kappa shape index (κ3) is 5.34. The van der Waals surface area contributed by atoms with Gasteiger partial charge >= 0.3 is 0 Å². The van der Waals surface area contributed by atoms with Gasteiger partial charge in [0.2, 0.25) is 5.91 Å². The Kier molecular flexibility index (Phi) is 6.78. The van der Waals surface area contributed by atoms with Gasteiger partial charge < -0.3 is 15.0 Å². The van der Waals surface area contributed by atoms with Crippen LogP contribution in [0, 0.1) is 13.8 Å². The minimum atomic E-state index is -0.615. The van der Waals surface area contributed by atoms with Crippen molar-refractivity contribution in [3.8, 4) is 5.75 Å². The third-order valence-corrected chi connectivity index (χ3v) is 4.09. The molecule has 2 amide bonds. The minimum absolute atomic E-state index is 0.0269. The summed E-state index contributed by atoms with van der Waals surface area (Å²) in [4.78, 5) is 26.3. The van der Waals surface area contributed by atoms with Gasteiger partial charge in [-0.15, -0.1) is 0 Å². The van der Waals surface area contributed by atoms with E-state index in [4.69, 9.17) is 4.74 Å². The zero-order chi connectivity index (χ0) is 19.1. The van der Waals surface area contributed by atoms with E-state index < -0.39 is 6.10 Å². The second kappa shape index (κ2) is 9.04. The molecule has 0 unspecified atom stereocenters. The fourth-order valence-electron chi connectivity index (χ4n) is 2.57. The molecule has 5 nitrogen and oxygen atoms in total. The number of carbonyl (C=O) groups excluding carboxylic acids is 2. The first-order chi connectivity index (χ1) is 12.4. The molecular formula is C21H26N2O3. The predicted molar refractivity (Wildman–Crippen MR) is 103 cm³/mol. The monoisotopic (exact) mass is 354 g/mol. The van der Waals surface area contributed by atoms with Gasteiger partial charge in [-0.2, -0.15) is 0 Å². The van der Waals surface area contributed by atoms with Gasteiger partial charge in [-0.3, -0.25) is 9.59 Å². The van der Waals surface area contributed by atoms with Crippen LogP contribution in [-0.2, 0) is 9.59 Å². The first-order valence-corrected chi connectivity index (χ1v) is 8.74. The quantitative estimate of drug-likeness (QED) is 0.827. The van der Waals surface area contributed by atoms with E-state index in [2.05, 4.69) is 5.32 Å². The molecule has 0 bridgehead atoms. The number of anilines is 1. The van der Waals surface area contributed by atoms with Crippen molar-refractivity contribution in [1.82, 2.24) is 4.90 Å². The zero-order valence-corrected chi connectivity index (χ0v) is 15.8. The number of amides is 2. The van der Waals surface area contributed by atoms with E-state index in [1.54, 1.807) is 7.05 Å². The summed E-state index contributed by atoms with van der Waals surface area (Å²) in [6.07, 6.45) is -0.0904. The molecule has 0 spiro atoms. The standard InChI is InChI=1S/C21H26N2O3/c1-5-19(26-17-9-7-6-8-10-17)21(25)23(4)14-20(24)22-18-13-15(2)11-12-16(18)3/h6-13,19H,5,14H2,1-4H3,(H,22,24)/t19-/m0/s1.